The fourth-order valence-corrected chi connectivity index (χ4v) is 1.60. The van der Waals surface area contributed by atoms with Crippen molar-refractivity contribution < 1.29 is 26.2 Å². The number of hydrogen-bond donors (Lipinski definition) is 0. The molecule has 0 bridgehead atoms. The number of hydrogen-bond acceptors (Lipinski definition) is 0. The quantitative estimate of drug-likeness (QED) is 0.489. The van der Waals surface area contributed by atoms with Gasteiger partial charge in [0, 0.05) is 0 Å². The van der Waals surface area contributed by atoms with Gasteiger partial charge in [0.05, 0.1) is 0 Å². The molecule has 2 fully saturated rings. The first kappa shape index (κ1) is 24.1. The van der Waals surface area contributed by atoms with E-state index in [-0.39, 0.29) is 26.2 Å². The van der Waals surface area contributed by atoms with Gasteiger partial charge >= 0.3 is 26.2 Å². The van der Waals surface area contributed by atoms with E-state index in [9.17, 15) is 0 Å². The molecule has 0 aromatic heterocycles. The van der Waals surface area contributed by atoms with Gasteiger partial charge in [-0.1, -0.05) is 12.1 Å². The Balaban J connectivity index is 0.000000307. The molecule has 0 saturated heterocycles. The molecule has 0 heterocycles. The molecule has 1 heteroatoms. The van der Waals surface area contributed by atoms with Crippen molar-refractivity contribution >= 4 is 0 Å². The van der Waals surface area contributed by atoms with Crippen molar-refractivity contribution in [2.45, 2.75) is 0 Å². The maximum atomic E-state index is 3.72. The summed E-state index contributed by atoms with van der Waals surface area (Å²) in [5.74, 6) is 0. The Morgan fingerprint density at radius 3 is 0.680 bits per heavy atom. The summed E-state index contributed by atoms with van der Waals surface area (Å²) in [5, 5.41) is 0. The third kappa shape index (κ3) is 16.3. The topological polar surface area (TPSA) is 0 Å². The van der Waals surface area contributed by atoms with E-state index in [0.29, 0.717) is 0 Å². The van der Waals surface area contributed by atoms with E-state index in [1.807, 2.05) is 125 Å². The van der Waals surface area contributed by atoms with Crippen LogP contribution < -0.4 is 0 Å². The third-order valence-electron chi connectivity index (χ3n) is 2.80. The first-order valence-corrected chi connectivity index (χ1v) is 7.86. The van der Waals surface area contributed by atoms with Crippen molar-refractivity contribution in [2.75, 3.05) is 0 Å². The molecule has 2 aliphatic carbocycles. The smallest absolute Gasteiger partial charge is 0.199 e. The van der Waals surface area contributed by atoms with Crippen molar-refractivity contribution in [3.63, 3.8) is 0 Å². The summed E-state index contributed by atoms with van der Waals surface area (Å²) in [6.45, 7) is 7.44. The zero-order valence-corrected chi connectivity index (χ0v) is 16.9. The Hall–Kier alpha value is -0.937. The van der Waals surface area contributed by atoms with E-state index in [1.54, 1.807) is 0 Å². The van der Waals surface area contributed by atoms with Gasteiger partial charge in [0.15, 0.2) is 0 Å². The molecule has 0 nitrogen and oxygen atoms in total. The van der Waals surface area contributed by atoms with E-state index < -0.39 is 0 Å². The zero-order chi connectivity index (χ0) is 17.3. The van der Waals surface area contributed by atoms with Crippen molar-refractivity contribution in [3.05, 3.63) is 150 Å². The first-order valence-electron chi connectivity index (χ1n) is 7.86. The van der Waals surface area contributed by atoms with Gasteiger partial charge in [0.2, 0.25) is 0 Å². The molecule has 124 valence electrons. The molecule has 2 aromatic carbocycles. The molecule has 0 unspecified atom stereocenters. The first-order chi connectivity index (χ1) is 11.8. The maximum Gasteiger partial charge on any atom is 2.00 e. The summed E-state index contributed by atoms with van der Waals surface area (Å²) in [5.41, 5.74) is 2.14. The summed E-state index contributed by atoms with van der Waals surface area (Å²) in [6.07, 6.45) is 20.0. The average molecular weight is 404 g/mol. The molecule has 0 atom stereocenters. The van der Waals surface area contributed by atoms with Gasteiger partial charge in [-0.3, -0.25) is 0 Å². The second-order valence-corrected chi connectivity index (χ2v) is 4.90. The number of benzene rings is 2. The van der Waals surface area contributed by atoms with E-state index in [4.69, 9.17) is 0 Å². The molecule has 2 aliphatic rings. The minimum absolute atomic E-state index is 0. The van der Waals surface area contributed by atoms with Gasteiger partial charge in [0.25, 0.3) is 0 Å². The maximum absolute atomic E-state index is 3.72. The van der Waals surface area contributed by atoms with Crippen LogP contribution in [0.15, 0.2) is 60.7 Å². The SMILES string of the molecule is [CH2-]c1ccccc1.[CH2-]c1ccccc1.[CH]1[CH][CH][CH][CH]1.[CH]1[CH][CH][CH][CH]1.[Zr+2]. The molecule has 25 heavy (non-hydrogen) atoms. The predicted octanol–water partition coefficient (Wildman–Crippen LogP) is 5.78. The molecule has 0 spiro atoms. The van der Waals surface area contributed by atoms with Crippen LogP contribution in [0, 0.1) is 78.1 Å². The van der Waals surface area contributed by atoms with E-state index >= 15 is 0 Å². The van der Waals surface area contributed by atoms with Crippen LogP contribution in [-0.4, -0.2) is 0 Å². The van der Waals surface area contributed by atoms with Crippen molar-refractivity contribution in [1.29, 1.82) is 0 Å². The largest absolute Gasteiger partial charge is 2.00 e. The Morgan fingerprint density at radius 2 is 0.560 bits per heavy atom. The normalized spacial score (nSPS) is 14.4. The van der Waals surface area contributed by atoms with Gasteiger partial charge < -0.3 is 0 Å². The predicted molar refractivity (Wildman–Crippen MR) is 105 cm³/mol. The Labute approximate surface area is 175 Å². The molecule has 2 aromatic rings. The standard InChI is InChI=1S/2C7H7.2C5H5.Zr/c2*1-7-5-3-2-4-6-7;2*1-2-4-5-3-1;/h2*2-6H,1H2;2*1-5H;/q2*-1;;;+2. The van der Waals surface area contributed by atoms with E-state index in [2.05, 4.69) is 13.8 Å². The second kappa shape index (κ2) is 17.9. The van der Waals surface area contributed by atoms with Crippen LogP contribution in [0.3, 0.4) is 0 Å². The molecule has 2 saturated carbocycles. The van der Waals surface area contributed by atoms with Crippen LogP contribution in [0.1, 0.15) is 11.1 Å². The summed E-state index contributed by atoms with van der Waals surface area (Å²) in [6, 6.07) is 19.7. The fourth-order valence-electron chi connectivity index (χ4n) is 1.60. The van der Waals surface area contributed by atoms with Gasteiger partial charge in [-0.15, -0.1) is 24.3 Å². The second-order valence-electron chi connectivity index (χ2n) is 4.90. The summed E-state index contributed by atoms with van der Waals surface area (Å²) in [7, 11) is 0. The van der Waals surface area contributed by atoms with Crippen molar-refractivity contribution in [3.8, 4) is 0 Å². The van der Waals surface area contributed by atoms with Crippen LogP contribution in [0.5, 0.6) is 0 Å². The van der Waals surface area contributed by atoms with Crippen LogP contribution in [-0.2, 0) is 26.2 Å². The van der Waals surface area contributed by atoms with Crippen LogP contribution in [0.2, 0.25) is 0 Å². The van der Waals surface area contributed by atoms with E-state index in [1.165, 1.54) is 0 Å². The Kier molecular flexibility index (Phi) is 17.2. The molecule has 10 radical (unpaired) electrons. The molecule has 4 rings (SSSR count). The minimum atomic E-state index is 0. The molecular weight excluding hydrogens is 379 g/mol. The molecule has 0 aliphatic heterocycles. The zero-order valence-electron chi connectivity index (χ0n) is 14.5. The monoisotopic (exact) mass is 402 g/mol. The van der Waals surface area contributed by atoms with Crippen LogP contribution >= 0.6 is 0 Å². The molecule has 0 N–H and O–H groups in total. The Bertz CT molecular complexity index is 407. The van der Waals surface area contributed by atoms with Crippen molar-refractivity contribution in [2.24, 2.45) is 0 Å². The van der Waals surface area contributed by atoms with Gasteiger partial charge in [-0.2, -0.15) is 49.2 Å². The van der Waals surface area contributed by atoms with Gasteiger partial charge in [0.1, 0.15) is 0 Å². The van der Waals surface area contributed by atoms with Crippen molar-refractivity contribution in [1.82, 2.24) is 0 Å². The van der Waals surface area contributed by atoms with Gasteiger partial charge in [-0.05, 0) is 64.2 Å². The third-order valence-corrected chi connectivity index (χ3v) is 2.80. The average Bonchev–Trinajstić information content (AvgIpc) is 3.36. The number of rotatable bonds is 0. The minimum Gasteiger partial charge on any atom is -0.199 e. The summed E-state index contributed by atoms with van der Waals surface area (Å²) < 4.78 is 0. The molecule has 0 amide bonds. The summed E-state index contributed by atoms with van der Waals surface area (Å²) >= 11 is 0. The van der Waals surface area contributed by atoms with Crippen LogP contribution in [0.4, 0.5) is 0 Å². The van der Waals surface area contributed by atoms with Crippen LogP contribution in [0.25, 0.3) is 0 Å². The van der Waals surface area contributed by atoms with Gasteiger partial charge in [-0.25, -0.2) is 0 Å². The fraction of sp³-hybridized carbons (Fsp3) is 0. The molecular formula is C24H24Zr. The van der Waals surface area contributed by atoms with E-state index in [0.717, 1.165) is 11.1 Å². The Morgan fingerprint density at radius 1 is 0.360 bits per heavy atom. The summed E-state index contributed by atoms with van der Waals surface area (Å²) in [4.78, 5) is 0.